The van der Waals surface area contributed by atoms with Gasteiger partial charge in [-0.25, -0.2) is 9.48 Å². The van der Waals surface area contributed by atoms with Crippen LogP contribution in [-0.2, 0) is 0 Å². The van der Waals surface area contributed by atoms with Crippen molar-refractivity contribution in [1.82, 2.24) is 9.78 Å². The number of carboxylic acid groups (broad SMARTS) is 1. The number of benzene rings is 1. The number of aromatic carboxylic acids is 1. The maximum atomic E-state index is 11.3. The fourth-order valence-electron chi connectivity index (χ4n) is 1.36. The Hall–Kier alpha value is -1.85. The van der Waals surface area contributed by atoms with E-state index < -0.39 is 17.1 Å². The van der Waals surface area contributed by atoms with Crippen molar-refractivity contribution in [2.45, 2.75) is 0 Å². The number of carboxylic acids is 1. The van der Waals surface area contributed by atoms with Crippen molar-refractivity contribution < 1.29 is 9.90 Å². The quantitative estimate of drug-likeness (QED) is 0.918. The van der Waals surface area contributed by atoms with Gasteiger partial charge < -0.3 is 5.11 Å². The zero-order valence-corrected chi connectivity index (χ0v) is 10.3. The second-order valence-corrected chi connectivity index (χ2v) is 4.14. The summed E-state index contributed by atoms with van der Waals surface area (Å²) in [5.74, 6) is -1.40. The first kappa shape index (κ1) is 12.6. The fourth-order valence-corrected chi connectivity index (χ4v) is 1.74. The van der Waals surface area contributed by atoms with Gasteiger partial charge in [0, 0.05) is 12.3 Å². The normalized spacial score (nSPS) is 10.3. The average molecular weight is 285 g/mol. The molecule has 0 saturated heterocycles. The Morgan fingerprint density at radius 1 is 1.28 bits per heavy atom. The fraction of sp³-hybridized carbons (Fsp3) is 0. The molecule has 1 aromatic heterocycles. The van der Waals surface area contributed by atoms with Gasteiger partial charge in [-0.3, -0.25) is 4.79 Å². The van der Waals surface area contributed by atoms with E-state index >= 15 is 0 Å². The molecule has 7 heteroatoms. The second kappa shape index (κ2) is 4.80. The maximum absolute atomic E-state index is 11.3. The molecular weight excluding hydrogens is 279 g/mol. The molecule has 0 atom stereocenters. The third kappa shape index (κ3) is 2.23. The van der Waals surface area contributed by atoms with Crippen LogP contribution in [-0.4, -0.2) is 20.9 Å². The topological polar surface area (TPSA) is 72.2 Å². The molecule has 0 unspecified atom stereocenters. The summed E-state index contributed by atoms with van der Waals surface area (Å²) < 4.78 is 1.19. The third-order valence-electron chi connectivity index (χ3n) is 2.19. The molecule has 0 aliphatic rings. The molecule has 0 fully saturated rings. The van der Waals surface area contributed by atoms with Crippen LogP contribution in [0.15, 0.2) is 35.3 Å². The highest BCUT2D eigenvalue weighted by Gasteiger charge is 2.13. The van der Waals surface area contributed by atoms with Crippen LogP contribution in [0.1, 0.15) is 10.5 Å². The summed E-state index contributed by atoms with van der Waals surface area (Å²) in [4.78, 5) is 22.1. The predicted molar refractivity (Wildman–Crippen MR) is 66.8 cm³/mol. The van der Waals surface area contributed by atoms with Gasteiger partial charge in [-0.05, 0) is 12.1 Å². The van der Waals surface area contributed by atoms with E-state index in [0.717, 1.165) is 6.07 Å². The first-order chi connectivity index (χ1) is 8.50. The van der Waals surface area contributed by atoms with Crippen LogP contribution in [0.4, 0.5) is 0 Å². The zero-order chi connectivity index (χ0) is 13.3. The average Bonchev–Trinajstić information content (AvgIpc) is 2.33. The highest BCUT2D eigenvalue weighted by atomic mass is 35.5. The van der Waals surface area contributed by atoms with E-state index in [0.29, 0.717) is 10.7 Å². The van der Waals surface area contributed by atoms with Crippen LogP contribution in [0.3, 0.4) is 0 Å². The summed E-state index contributed by atoms with van der Waals surface area (Å²) in [6, 6.07) is 5.95. The highest BCUT2D eigenvalue weighted by Crippen LogP contribution is 2.27. The first-order valence-electron chi connectivity index (χ1n) is 4.78. The van der Waals surface area contributed by atoms with E-state index in [1.54, 1.807) is 18.2 Å². The lowest BCUT2D eigenvalue weighted by molar-refractivity contribution is 0.0687. The Morgan fingerprint density at radius 3 is 2.67 bits per heavy atom. The molecule has 0 spiro atoms. The van der Waals surface area contributed by atoms with Crippen LogP contribution < -0.4 is 5.43 Å². The Balaban J connectivity index is 2.65. The van der Waals surface area contributed by atoms with E-state index in [1.807, 2.05) is 0 Å². The summed E-state index contributed by atoms with van der Waals surface area (Å²) in [5, 5.41) is 13.1. The molecular formula is C11H6Cl2N2O3. The number of halogens is 2. The van der Waals surface area contributed by atoms with Gasteiger partial charge in [0.1, 0.15) is 0 Å². The number of hydrogen-bond donors (Lipinski definition) is 1. The van der Waals surface area contributed by atoms with E-state index in [9.17, 15) is 9.59 Å². The summed E-state index contributed by atoms with van der Waals surface area (Å²) >= 11 is 11.8. The summed E-state index contributed by atoms with van der Waals surface area (Å²) in [7, 11) is 0. The molecule has 0 amide bonds. The third-order valence-corrected chi connectivity index (χ3v) is 3.00. The van der Waals surface area contributed by atoms with Crippen LogP contribution in [0, 0.1) is 0 Å². The zero-order valence-electron chi connectivity index (χ0n) is 8.80. The van der Waals surface area contributed by atoms with Crippen LogP contribution in [0.25, 0.3) is 5.69 Å². The molecule has 0 aliphatic carbocycles. The van der Waals surface area contributed by atoms with Crippen molar-refractivity contribution >= 4 is 29.2 Å². The second-order valence-electron chi connectivity index (χ2n) is 3.35. The van der Waals surface area contributed by atoms with Crippen molar-refractivity contribution in [3.05, 3.63) is 56.4 Å². The Bertz CT molecular complexity index is 682. The molecule has 0 bridgehead atoms. The minimum atomic E-state index is -1.40. The summed E-state index contributed by atoms with van der Waals surface area (Å²) in [6.45, 7) is 0. The van der Waals surface area contributed by atoms with Gasteiger partial charge in [-0.1, -0.05) is 29.3 Å². The number of hydrogen-bond acceptors (Lipinski definition) is 3. The van der Waals surface area contributed by atoms with Crippen molar-refractivity contribution in [2.75, 3.05) is 0 Å². The SMILES string of the molecule is O=C(O)c1nn(-c2cccc(Cl)c2Cl)ccc1=O. The molecule has 1 heterocycles. The van der Waals surface area contributed by atoms with E-state index in [4.69, 9.17) is 28.3 Å². The molecule has 18 heavy (non-hydrogen) atoms. The van der Waals surface area contributed by atoms with Gasteiger partial charge in [0.2, 0.25) is 11.1 Å². The van der Waals surface area contributed by atoms with Crippen molar-refractivity contribution in [2.24, 2.45) is 0 Å². The number of carbonyl (C=O) groups is 1. The Kier molecular flexibility index (Phi) is 3.36. The lowest BCUT2D eigenvalue weighted by Crippen LogP contribution is -2.20. The Labute approximate surface area is 111 Å². The van der Waals surface area contributed by atoms with E-state index in [2.05, 4.69) is 5.10 Å². The molecule has 5 nitrogen and oxygen atoms in total. The molecule has 1 aromatic carbocycles. The maximum Gasteiger partial charge on any atom is 0.360 e. The van der Waals surface area contributed by atoms with Gasteiger partial charge in [0.15, 0.2) is 0 Å². The number of rotatable bonds is 2. The van der Waals surface area contributed by atoms with Crippen LogP contribution in [0.5, 0.6) is 0 Å². The number of aromatic nitrogens is 2. The lowest BCUT2D eigenvalue weighted by Gasteiger charge is -2.08. The van der Waals surface area contributed by atoms with Crippen LogP contribution >= 0.6 is 23.2 Å². The van der Waals surface area contributed by atoms with Gasteiger partial charge in [0.25, 0.3) is 0 Å². The molecule has 92 valence electrons. The van der Waals surface area contributed by atoms with Gasteiger partial charge in [0.05, 0.1) is 15.7 Å². The summed E-state index contributed by atoms with van der Waals surface area (Å²) in [6.07, 6.45) is 1.33. The molecule has 1 N–H and O–H groups in total. The largest absolute Gasteiger partial charge is 0.476 e. The first-order valence-corrected chi connectivity index (χ1v) is 5.54. The molecule has 2 aromatic rings. The molecule has 0 aliphatic heterocycles. The highest BCUT2D eigenvalue weighted by molar-refractivity contribution is 6.43. The van der Waals surface area contributed by atoms with Crippen molar-refractivity contribution in [3.8, 4) is 5.69 Å². The van der Waals surface area contributed by atoms with E-state index in [-0.39, 0.29) is 5.02 Å². The van der Waals surface area contributed by atoms with Crippen molar-refractivity contribution in [3.63, 3.8) is 0 Å². The van der Waals surface area contributed by atoms with Gasteiger partial charge in [-0.2, -0.15) is 5.10 Å². The summed E-state index contributed by atoms with van der Waals surface area (Å²) in [5.41, 5.74) is -0.850. The lowest BCUT2D eigenvalue weighted by atomic mass is 10.3. The number of nitrogens with zero attached hydrogens (tertiary/aromatic N) is 2. The van der Waals surface area contributed by atoms with E-state index in [1.165, 1.54) is 10.9 Å². The molecule has 0 saturated carbocycles. The van der Waals surface area contributed by atoms with Crippen molar-refractivity contribution in [1.29, 1.82) is 0 Å². The van der Waals surface area contributed by atoms with Gasteiger partial charge in [-0.15, -0.1) is 0 Å². The van der Waals surface area contributed by atoms with Crippen LogP contribution in [0.2, 0.25) is 10.0 Å². The molecule has 2 rings (SSSR count). The monoisotopic (exact) mass is 284 g/mol. The molecule has 0 radical (unpaired) electrons. The minimum absolute atomic E-state index is 0.228. The minimum Gasteiger partial charge on any atom is -0.476 e. The Morgan fingerprint density at radius 2 is 2.00 bits per heavy atom. The van der Waals surface area contributed by atoms with Gasteiger partial charge >= 0.3 is 5.97 Å². The standard InChI is InChI=1S/C11H6Cl2N2O3/c12-6-2-1-3-7(9(6)13)15-5-4-8(16)10(14-15)11(17)18/h1-5H,(H,17,18). The predicted octanol–water partition coefficient (Wildman–Crippen LogP) is 2.24. The smallest absolute Gasteiger partial charge is 0.360 e.